The van der Waals surface area contributed by atoms with Crippen LogP contribution in [0.5, 0.6) is 11.5 Å². The van der Waals surface area contributed by atoms with E-state index in [1.54, 1.807) is 0 Å². The number of carbonyl (C=O) groups excluding carboxylic acids is 3. The highest BCUT2D eigenvalue weighted by molar-refractivity contribution is 7.97. The second-order valence-corrected chi connectivity index (χ2v) is 11.7. The number of benzene rings is 2. The number of rotatable bonds is 15. The Morgan fingerprint density at radius 1 is 0.902 bits per heavy atom. The molecule has 0 unspecified atom stereocenters. The zero-order chi connectivity index (χ0) is 29.5. The largest absolute Gasteiger partial charge is 0.457 e. The van der Waals surface area contributed by atoms with Crippen molar-refractivity contribution in [3.8, 4) is 11.5 Å². The highest BCUT2D eigenvalue weighted by Crippen LogP contribution is 2.21. The van der Waals surface area contributed by atoms with Gasteiger partial charge in [-0.25, -0.2) is 4.79 Å². The van der Waals surface area contributed by atoms with Gasteiger partial charge in [-0.05, 0) is 48.6 Å². The Morgan fingerprint density at radius 3 is 2.24 bits per heavy atom. The lowest BCUT2D eigenvalue weighted by molar-refractivity contribution is -0.129. The van der Waals surface area contributed by atoms with Gasteiger partial charge in [0.1, 0.15) is 23.6 Å². The van der Waals surface area contributed by atoms with Crippen molar-refractivity contribution >= 4 is 42.5 Å². The third-order valence-corrected chi connectivity index (χ3v) is 7.81. The summed E-state index contributed by atoms with van der Waals surface area (Å²) < 4.78 is 14.4. The molecule has 0 aliphatic heterocycles. The van der Waals surface area contributed by atoms with Gasteiger partial charge in [0.15, 0.2) is 0 Å². The van der Waals surface area contributed by atoms with Gasteiger partial charge in [0.05, 0.1) is 6.61 Å². The molecule has 1 fully saturated rings. The number of alkyl carbamates (subject to hydrolysis) is 1. The molecular weight excluding hydrogens is 560 g/mol. The number of carbonyl (C=O) groups is 3. The van der Waals surface area contributed by atoms with Crippen molar-refractivity contribution < 1.29 is 23.9 Å². The van der Waals surface area contributed by atoms with Gasteiger partial charge in [0, 0.05) is 24.1 Å². The van der Waals surface area contributed by atoms with Crippen molar-refractivity contribution in [3.05, 3.63) is 60.2 Å². The predicted octanol–water partition coefficient (Wildman–Crippen LogP) is 4.83. The van der Waals surface area contributed by atoms with E-state index in [0.717, 1.165) is 24.2 Å². The van der Waals surface area contributed by atoms with Gasteiger partial charge in [-0.1, -0.05) is 75.4 Å². The molecule has 41 heavy (non-hydrogen) atoms. The standard InChI is InChI=1S/C30H42N4O5S2/c1-21(2)18-38-30(37)33-26(19-40)29(36)32-27(20-41-34-23-9-5-3-6-10-23)28(35)31-17-22-13-15-25(16-14-22)39-24-11-7-4-8-12-24/h4,7-8,11-16,21,23,26-27,34,40H,3,5-6,9-10,17-20H2,1-2H3,(H,31,35)(H,32,36)(H,33,37)/t26-,27-/m0/s1. The zero-order valence-corrected chi connectivity index (χ0v) is 25.5. The van der Waals surface area contributed by atoms with Crippen molar-refractivity contribution in [2.45, 2.75) is 70.6 Å². The molecule has 3 rings (SSSR count). The molecule has 1 aliphatic carbocycles. The Morgan fingerprint density at radius 2 is 1.59 bits per heavy atom. The summed E-state index contributed by atoms with van der Waals surface area (Å²) in [6, 6.07) is 15.6. The summed E-state index contributed by atoms with van der Waals surface area (Å²) in [7, 11) is 0. The molecule has 2 aromatic carbocycles. The van der Waals surface area contributed by atoms with Crippen LogP contribution in [0.2, 0.25) is 0 Å². The van der Waals surface area contributed by atoms with Crippen LogP contribution in [0.15, 0.2) is 54.6 Å². The van der Waals surface area contributed by atoms with Gasteiger partial charge >= 0.3 is 6.09 Å². The monoisotopic (exact) mass is 602 g/mol. The van der Waals surface area contributed by atoms with Crippen LogP contribution in [-0.4, -0.2) is 54.1 Å². The van der Waals surface area contributed by atoms with Crippen molar-refractivity contribution in [2.75, 3.05) is 18.1 Å². The SMILES string of the molecule is CC(C)COC(=O)N[C@@H](CS)C(=O)N[C@@H](CSNC1CCCCC1)C(=O)NCc1ccc(Oc2ccccc2)cc1. The Labute approximate surface area is 252 Å². The number of nitrogens with one attached hydrogen (secondary N) is 4. The molecule has 11 heteroatoms. The second-order valence-electron chi connectivity index (χ2n) is 10.5. The van der Waals surface area contributed by atoms with E-state index < -0.39 is 24.1 Å². The van der Waals surface area contributed by atoms with Crippen molar-refractivity contribution in [2.24, 2.45) is 5.92 Å². The van der Waals surface area contributed by atoms with E-state index in [9.17, 15) is 14.4 Å². The molecule has 3 amide bonds. The van der Waals surface area contributed by atoms with Gasteiger partial charge in [-0.3, -0.25) is 14.3 Å². The normalized spacial score (nSPS) is 15.0. The molecule has 0 heterocycles. The molecule has 1 aliphatic rings. The average molecular weight is 603 g/mol. The van der Waals surface area contributed by atoms with E-state index in [2.05, 4.69) is 33.3 Å². The fraction of sp³-hybridized carbons (Fsp3) is 0.500. The number of hydrogen-bond donors (Lipinski definition) is 5. The zero-order valence-electron chi connectivity index (χ0n) is 23.8. The molecule has 0 bridgehead atoms. The van der Waals surface area contributed by atoms with Gasteiger partial charge < -0.3 is 25.4 Å². The number of amides is 3. The molecule has 2 atom stereocenters. The first-order valence-corrected chi connectivity index (χ1v) is 15.8. The van der Waals surface area contributed by atoms with E-state index in [1.807, 2.05) is 68.4 Å². The lowest BCUT2D eigenvalue weighted by atomic mass is 9.96. The van der Waals surface area contributed by atoms with Crippen LogP contribution in [0.3, 0.4) is 0 Å². The maximum Gasteiger partial charge on any atom is 0.407 e. The van der Waals surface area contributed by atoms with Crippen LogP contribution < -0.4 is 25.4 Å². The minimum atomic E-state index is -0.943. The lowest BCUT2D eigenvalue weighted by Crippen LogP contribution is -2.55. The van der Waals surface area contributed by atoms with Crippen molar-refractivity contribution in [1.29, 1.82) is 0 Å². The van der Waals surface area contributed by atoms with Crippen LogP contribution >= 0.6 is 24.6 Å². The summed E-state index contributed by atoms with van der Waals surface area (Å²) >= 11 is 5.66. The first-order valence-electron chi connectivity index (χ1n) is 14.2. The Kier molecular flexibility index (Phi) is 14.2. The summed E-state index contributed by atoms with van der Waals surface area (Å²) in [6.07, 6.45) is 5.14. The summed E-state index contributed by atoms with van der Waals surface area (Å²) in [5.41, 5.74) is 0.889. The molecule has 2 aromatic rings. The maximum absolute atomic E-state index is 13.2. The van der Waals surface area contributed by atoms with E-state index in [0.29, 0.717) is 17.5 Å². The fourth-order valence-corrected chi connectivity index (χ4v) is 5.38. The molecule has 1 saturated carbocycles. The van der Waals surface area contributed by atoms with Crippen LogP contribution in [0.1, 0.15) is 51.5 Å². The Hall–Kier alpha value is -2.89. The summed E-state index contributed by atoms with van der Waals surface area (Å²) in [5, 5.41) is 8.26. The molecule has 9 nitrogen and oxygen atoms in total. The molecule has 224 valence electrons. The predicted molar refractivity (Wildman–Crippen MR) is 166 cm³/mol. The first-order chi connectivity index (χ1) is 19.8. The summed E-state index contributed by atoms with van der Waals surface area (Å²) in [4.78, 5) is 38.4. The summed E-state index contributed by atoms with van der Waals surface area (Å²) in [6.45, 7) is 4.37. The number of para-hydroxylation sites is 1. The number of ether oxygens (including phenoxy) is 2. The highest BCUT2D eigenvalue weighted by atomic mass is 32.2. The topological polar surface area (TPSA) is 118 Å². The molecule has 0 spiro atoms. The Balaban J connectivity index is 1.56. The lowest BCUT2D eigenvalue weighted by Gasteiger charge is -2.25. The van der Waals surface area contributed by atoms with Crippen LogP contribution in [0.4, 0.5) is 4.79 Å². The van der Waals surface area contributed by atoms with Crippen molar-refractivity contribution in [1.82, 2.24) is 20.7 Å². The highest BCUT2D eigenvalue weighted by Gasteiger charge is 2.27. The number of hydrogen-bond acceptors (Lipinski definition) is 8. The van der Waals surface area contributed by atoms with Crippen LogP contribution in [0.25, 0.3) is 0 Å². The average Bonchev–Trinajstić information content (AvgIpc) is 2.98. The van der Waals surface area contributed by atoms with Crippen LogP contribution in [0, 0.1) is 5.92 Å². The molecule has 0 aromatic heterocycles. The minimum absolute atomic E-state index is 0.0574. The maximum atomic E-state index is 13.2. The molecule has 0 radical (unpaired) electrons. The third-order valence-electron chi connectivity index (χ3n) is 6.45. The van der Waals surface area contributed by atoms with E-state index in [4.69, 9.17) is 9.47 Å². The Bertz CT molecular complexity index is 1080. The molecule has 4 N–H and O–H groups in total. The van der Waals surface area contributed by atoms with Gasteiger partial charge in [0.25, 0.3) is 0 Å². The first kappa shape index (κ1) is 32.6. The quantitative estimate of drug-likeness (QED) is 0.146. The van der Waals surface area contributed by atoms with Gasteiger partial charge in [-0.2, -0.15) is 12.6 Å². The summed E-state index contributed by atoms with van der Waals surface area (Å²) in [5.74, 6) is 1.17. The van der Waals surface area contributed by atoms with Crippen molar-refractivity contribution in [3.63, 3.8) is 0 Å². The fourth-order valence-electron chi connectivity index (χ4n) is 4.16. The van der Waals surface area contributed by atoms with Gasteiger partial charge in [0.2, 0.25) is 11.8 Å². The second kappa shape index (κ2) is 17.8. The third kappa shape index (κ3) is 12.2. The van der Waals surface area contributed by atoms with E-state index >= 15 is 0 Å². The molecule has 0 saturated heterocycles. The van der Waals surface area contributed by atoms with E-state index in [1.165, 1.54) is 31.2 Å². The van der Waals surface area contributed by atoms with Gasteiger partial charge in [-0.15, -0.1) is 0 Å². The van der Waals surface area contributed by atoms with Crippen LogP contribution in [-0.2, 0) is 20.9 Å². The number of thiol groups is 1. The smallest absolute Gasteiger partial charge is 0.407 e. The minimum Gasteiger partial charge on any atom is -0.457 e. The van der Waals surface area contributed by atoms with E-state index in [-0.39, 0.29) is 30.7 Å². The molecular formula is C30H42N4O5S2.